The zero-order valence-corrected chi connectivity index (χ0v) is 11.5. The van der Waals surface area contributed by atoms with E-state index in [1.807, 2.05) is 0 Å². The highest BCUT2D eigenvalue weighted by Gasteiger charge is 2.11. The van der Waals surface area contributed by atoms with E-state index in [0.717, 1.165) is 6.54 Å². The van der Waals surface area contributed by atoms with Crippen molar-refractivity contribution in [1.82, 2.24) is 10.6 Å². The van der Waals surface area contributed by atoms with Crippen LogP contribution in [0.25, 0.3) is 0 Å². The lowest BCUT2D eigenvalue weighted by atomic mass is 9.89. The molecule has 1 aliphatic rings. The van der Waals surface area contributed by atoms with Gasteiger partial charge in [0.25, 0.3) is 0 Å². The van der Waals surface area contributed by atoms with Crippen molar-refractivity contribution in [1.29, 1.82) is 0 Å². The predicted molar refractivity (Wildman–Crippen MR) is 77.1 cm³/mol. The van der Waals surface area contributed by atoms with Gasteiger partial charge >= 0.3 is 6.03 Å². The van der Waals surface area contributed by atoms with Crippen molar-refractivity contribution < 1.29 is 4.79 Å². The summed E-state index contributed by atoms with van der Waals surface area (Å²) in [5, 5.41) is 5.97. The van der Waals surface area contributed by atoms with Gasteiger partial charge in [-0.2, -0.15) is 0 Å². The Bertz CT molecular complexity index is 445. The standard InChI is InChI=1S/C15H23N3O/c1-11(17-8-9-18-15(16)19)13-7-6-12-4-2-3-5-14(12)10-13/h6-7,10-11,17H,2-5,8-9H2,1H3,(H3,16,18,19). The molecule has 4 nitrogen and oxygen atoms in total. The van der Waals surface area contributed by atoms with Crippen LogP contribution in [0.4, 0.5) is 4.79 Å². The first-order valence-electron chi connectivity index (χ1n) is 7.05. The highest BCUT2D eigenvalue weighted by molar-refractivity contribution is 5.71. The Hall–Kier alpha value is -1.55. The number of primary amides is 1. The van der Waals surface area contributed by atoms with E-state index in [0.29, 0.717) is 12.6 Å². The summed E-state index contributed by atoms with van der Waals surface area (Å²) < 4.78 is 0. The number of nitrogens with one attached hydrogen (secondary N) is 2. The van der Waals surface area contributed by atoms with Crippen LogP contribution in [0.5, 0.6) is 0 Å². The van der Waals surface area contributed by atoms with E-state index in [4.69, 9.17) is 5.73 Å². The summed E-state index contributed by atoms with van der Waals surface area (Å²) in [5.41, 5.74) is 9.36. The fraction of sp³-hybridized carbons (Fsp3) is 0.533. The average molecular weight is 261 g/mol. The van der Waals surface area contributed by atoms with Gasteiger partial charge in [0.2, 0.25) is 0 Å². The predicted octanol–water partition coefficient (Wildman–Crippen LogP) is 1.88. The maximum atomic E-state index is 10.6. The van der Waals surface area contributed by atoms with Crippen LogP contribution in [0, 0.1) is 0 Å². The molecule has 0 fully saturated rings. The lowest BCUT2D eigenvalue weighted by Crippen LogP contribution is -2.36. The molecule has 1 atom stereocenters. The fourth-order valence-corrected chi connectivity index (χ4v) is 2.61. The Kier molecular flexibility index (Phi) is 4.80. The monoisotopic (exact) mass is 261 g/mol. The van der Waals surface area contributed by atoms with Crippen molar-refractivity contribution in [3.63, 3.8) is 0 Å². The Labute approximate surface area is 114 Å². The van der Waals surface area contributed by atoms with Crippen molar-refractivity contribution in [2.45, 2.75) is 38.6 Å². The second-order valence-electron chi connectivity index (χ2n) is 5.20. The number of aryl methyl sites for hydroxylation is 2. The van der Waals surface area contributed by atoms with Crippen molar-refractivity contribution in [3.05, 3.63) is 34.9 Å². The number of rotatable bonds is 5. The highest BCUT2D eigenvalue weighted by Crippen LogP contribution is 2.24. The summed E-state index contributed by atoms with van der Waals surface area (Å²) in [6.45, 7) is 3.43. The van der Waals surface area contributed by atoms with E-state index < -0.39 is 6.03 Å². The van der Waals surface area contributed by atoms with Crippen LogP contribution in [0.1, 0.15) is 42.5 Å². The SMILES string of the molecule is CC(NCCNC(N)=O)c1ccc2c(c1)CCCC2. The van der Waals surface area contributed by atoms with Gasteiger partial charge in [0.15, 0.2) is 0 Å². The number of nitrogens with two attached hydrogens (primary N) is 1. The van der Waals surface area contributed by atoms with Gasteiger partial charge in [-0.25, -0.2) is 4.79 Å². The van der Waals surface area contributed by atoms with Gasteiger partial charge in [-0.1, -0.05) is 18.2 Å². The van der Waals surface area contributed by atoms with Gasteiger partial charge in [0.1, 0.15) is 0 Å². The molecule has 0 radical (unpaired) electrons. The van der Waals surface area contributed by atoms with Crippen LogP contribution in [0.2, 0.25) is 0 Å². The van der Waals surface area contributed by atoms with E-state index in [2.05, 4.69) is 35.8 Å². The molecule has 0 saturated carbocycles. The molecule has 2 amide bonds. The van der Waals surface area contributed by atoms with Crippen molar-refractivity contribution >= 4 is 6.03 Å². The zero-order chi connectivity index (χ0) is 13.7. The lowest BCUT2D eigenvalue weighted by molar-refractivity contribution is 0.249. The third kappa shape index (κ3) is 3.96. The number of urea groups is 1. The first-order chi connectivity index (χ1) is 9.16. The smallest absolute Gasteiger partial charge is 0.312 e. The van der Waals surface area contributed by atoms with Gasteiger partial charge in [-0.15, -0.1) is 0 Å². The molecule has 0 saturated heterocycles. The van der Waals surface area contributed by atoms with Crippen LogP contribution >= 0.6 is 0 Å². The van der Waals surface area contributed by atoms with Gasteiger partial charge < -0.3 is 16.4 Å². The number of hydrogen-bond donors (Lipinski definition) is 3. The summed E-state index contributed by atoms with van der Waals surface area (Å²) >= 11 is 0. The van der Waals surface area contributed by atoms with Crippen LogP contribution in [0.15, 0.2) is 18.2 Å². The molecular formula is C15H23N3O. The number of carbonyl (C=O) groups is 1. The molecule has 104 valence electrons. The lowest BCUT2D eigenvalue weighted by Gasteiger charge is -2.20. The Morgan fingerprint density at radius 2 is 2.00 bits per heavy atom. The third-order valence-corrected chi connectivity index (χ3v) is 3.75. The molecule has 4 N–H and O–H groups in total. The van der Waals surface area contributed by atoms with E-state index >= 15 is 0 Å². The molecule has 0 spiro atoms. The van der Waals surface area contributed by atoms with Crippen molar-refractivity contribution in [2.75, 3.05) is 13.1 Å². The quantitative estimate of drug-likeness (QED) is 0.708. The van der Waals surface area contributed by atoms with E-state index in [1.165, 1.54) is 42.4 Å². The summed E-state index contributed by atoms with van der Waals surface area (Å²) in [6, 6.07) is 6.63. The molecule has 0 bridgehead atoms. The normalized spacial score (nSPS) is 15.6. The van der Waals surface area contributed by atoms with E-state index in [-0.39, 0.29) is 0 Å². The van der Waals surface area contributed by atoms with Crippen LogP contribution in [-0.4, -0.2) is 19.1 Å². The maximum absolute atomic E-state index is 10.6. The van der Waals surface area contributed by atoms with E-state index in [1.54, 1.807) is 0 Å². The topological polar surface area (TPSA) is 67.2 Å². The molecule has 1 aromatic rings. The first kappa shape index (κ1) is 13.9. The second kappa shape index (κ2) is 6.57. The van der Waals surface area contributed by atoms with Crippen LogP contribution in [-0.2, 0) is 12.8 Å². The average Bonchev–Trinajstić information content (AvgIpc) is 2.42. The van der Waals surface area contributed by atoms with Crippen molar-refractivity contribution in [3.8, 4) is 0 Å². The van der Waals surface area contributed by atoms with Crippen LogP contribution < -0.4 is 16.4 Å². The molecule has 1 aromatic carbocycles. The molecule has 4 heteroatoms. The van der Waals surface area contributed by atoms with E-state index in [9.17, 15) is 4.79 Å². The first-order valence-corrected chi connectivity index (χ1v) is 7.05. The number of benzene rings is 1. The largest absolute Gasteiger partial charge is 0.352 e. The summed E-state index contributed by atoms with van der Waals surface area (Å²) in [4.78, 5) is 10.6. The summed E-state index contributed by atoms with van der Waals surface area (Å²) in [5.74, 6) is 0. The maximum Gasteiger partial charge on any atom is 0.312 e. The minimum Gasteiger partial charge on any atom is -0.352 e. The van der Waals surface area contributed by atoms with Gasteiger partial charge in [0, 0.05) is 19.1 Å². The molecule has 0 aliphatic heterocycles. The molecule has 1 aliphatic carbocycles. The fourth-order valence-electron chi connectivity index (χ4n) is 2.61. The second-order valence-corrected chi connectivity index (χ2v) is 5.20. The summed E-state index contributed by atoms with van der Waals surface area (Å²) in [6.07, 6.45) is 5.05. The zero-order valence-electron chi connectivity index (χ0n) is 11.5. The molecule has 0 heterocycles. The van der Waals surface area contributed by atoms with Crippen LogP contribution in [0.3, 0.4) is 0 Å². The van der Waals surface area contributed by atoms with Crippen molar-refractivity contribution in [2.24, 2.45) is 5.73 Å². The van der Waals surface area contributed by atoms with Gasteiger partial charge in [-0.3, -0.25) is 0 Å². The number of amides is 2. The number of fused-ring (bicyclic) bond motifs is 1. The van der Waals surface area contributed by atoms with Gasteiger partial charge in [0.05, 0.1) is 0 Å². The van der Waals surface area contributed by atoms with Gasteiger partial charge in [-0.05, 0) is 49.3 Å². The minimum atomic E-state index is -0.469. The summed E-state index contributed by atoms with van der Waals surface area (Å²) in [7, 11) is 0. The Balaban J connectivity index is 1.88. The number of hydrogen-bond acceptors (Lipinski definition) is 2. The molecule has 2 rings (SSSR count). The Morgan fingerprint density at radius 1 is 1.26 bits per heavy atom. The molecule has 0 aromatic heterocycles. The minimum absolute atomic E-state index is 0.293. The number of carbonyl (C=O) groups excluding carboxylic acids is 1. The Morgan fingerprint density at radius 3 is 2.74 bits per heavy atom. The third-order valence-electron chi connectivity index (χ3n) is 3.75. The highest BCUT2D eigenvalue weighted by atomic mass is 16.2. The molecule has 19 heavy (non-hydrogen) atoms. The molecule has 1 unspecified atom stereocenters. The molecular weight excluding hydrogens is 238 g/mol.